The molecule has 2 nitrogen and oxygen atoms in total. The zero-order valence-corrected chi connectivity index (χ0v) is 12.5. The van der Waals surface area contributed by atoms with E-state index in [4.69, 9.17) is 4.74 Å². The molecule has 0 aliphatic heterocycles. The minimum atomic E-state index is 0.0950. The fourth-order valence-electron chi connectivity index (χ4n) is 2.61. The Morgan fingerprint density at radius 2 is 2.11 bits per heavy atom. The lowest BCUT2D eigenvalue weighted by molar-refractivity contribution is -0.0143. The molecule has 1 saturated carbocycles. The third-order valence-electron chi connectivity index (χ3n) is 3.90. The average molecular weight is 261 g/mol. The Morgan fingerprint density at radius 1 is 1.32 bits per heavy atom. The Labute approximate surface area is 117 Å². The summed E-state index contributed by atoms with van der Waals surface area (Å²) in [6.45, 7) is 8.76. The first-order valence-corrected chi connectivity index (χ1v) is 7.56. The van der Waals surface area contributed by atoms with Crippen LogP contribution in [0, 0.1) is 12.8 Å². The quantitative estimate of drug-likeness (QED) is 0.751. The van der Waals surface area contributed by atoms with Crippen molar-refractivity contribution in [1.82, 2.24) is 5.32 Å². The molecule has 0 heterocycles. The zero-order chi connectivity index (χ0) is 13.7. The molecule has 2 rings (SSSR count). The van der Waals surface area contributed by atoms with E-state index >= 15 is 0 Å². The molecule has 0 radical (unpaired) electrons. The van der Waals surface area contributed by atoms with Gasteiger partial charge in [0.1, 0.15) is 11.4 Å². The minimum Gasteiger partial charge on any atom is -0.487 e. The highest BCUT2D eigenvalue weighted by atomic mass is 16.5. The molecule has 0 atom stereocenters. The van der Waals surface area contributed by atoms with E-state index in [2.05, 4.69) is 50.4 Å². The number of nitrogens with one attached hydrogen (secondary N) is 1. The maximum atomic E-state index is 6.29. The molecule has 106 valence electrons. The van der Waals surface area contributed by atoms with E-state index in [9.17, 15) is 0 Å². The highest BCUT2D eigenvalue weighted by Gasteiger charge is 2.38. The van der Waals surface area contributed by atoms with Crippen molar-refractivity contribution in [1.29, 1.82) is 0 Å². The van der Waals surface area contributed by atoms with Crippen LogP contribution in [-0.4, -0.2) is 18.7 Å². The highest BCUT2D eigenvalue weighted by Crippen LogP contribution is 2.39. The van der Waals surface area contributed by atoms with Crippen LogP contribution in [0.3, 0.4) is 0 Å². The monoisotopic (exact) mass is 261 g/mol. The summed E-state index contributed by atoms with van der Waals surface area (Å²) in [5.41, 5.74) is 1.36. The fourth-order valence-corrected chi connectivity index (χ4v) is 2.61. The van der Waals surface area contributed by atoms with Gasteiger partial charge in [-0.05, 0) is 69.3 Å². The van der Waals surface area contributed by atoms with Crippen LogP contribution in [0.5, 0.6) is 5.75 Å². The first-order chi connectivity index (χ1) is 9.10. The molecule has 0 amide bonds. The lowest BCUT2D eigenvalue weighted by atomic mass is 9.77. The summed E-state index contributed by atoms with van der Waals surface area (Å²) in [7, 11) is 0. The Kier molecular flexibility index (Phi) is 4.87. The summed E-state index contributed by atoms with van der Waals surface area (Å²) < 4.78 is 6.29. The third-order valence-corrected chi connectivity index (χ3v) is 3.90. The average Bonchev–Trinajstić information content (AvgIpc) is 2.31. The molecule has 1 N–H and O–H groups in total. The SMILES string of the molecule is Cc1cccc(OC2(CCNCC(C)C)CCC2)c1. The van der Waals surface area contributed by atoms with E-state index in [-0.39, 0.29) is 5.60 Å². The van der Waals surface area contributed by atoms with Crippen molar-refractivity contribution in [3.8, 4) is 5.75 Å². The van der Waals surface area contributed by atoms with Crippen LogP contribution in [0.15, 0.2) is 24.3 Å². The number of rotatable bonds is 7. The molecule has 1 fully saturated rings. The lowest BCUT2D eigenvalue weighted by Crippen LogP contribution is -2.45. The van der Waals surface area contributed by atoms with Gasteiger partial charge >= 0.3 is 0 Å². The predicted molar refractivity (Wildman–Crippen MR) is 80.7 cm³/mol. The van der Waals surface area contributed by atoms with Crippen LogP contribution in [0.2, 0.25) is 0 Å². The van der Waals surface area contributed by atoms with Gasteiger partial charge < -0.3 is 10.1 Å². The molecule has 0 spiro atoms. The smallest absolute Gasteiger partial charge is 0.120 e. The number of benzene rings is 1. The molecule has 2 heteroatoms. The summed E-state index contributed by atoms with van der Waals surface area (Å²) in [5.74, 6) is 1.75. The molecule has 1 aromatic carbocycles. The second-order valence-electron chi connectivity index (χ2n) is 6.30. The second-order valence-corrected chi connectivity index (χ2v) is 6.30. The maximum absolute atomic E-state index is 6.29. The van der Waals surface area contributed by atoms with Crippen LogP contribution in [-0.2, 0) is 0 Å². The van der Waals surface area contributed by atoms with Gasteiger partial charge in [-0.2, -0.15) is 0 Å². The lowest BCUT2D eigenvalue weighted by Gasteiger charge is -2.42. The Bertz CT molecular complexity index is 396. The Balaban J connectivity index is 1.84. The highest BCUT2D eigenvalue weighted by molar-refractivity contribution is 5.28. The van der Waals surface area contributed by atoms with Gasteiger partial charge in [-0.3, -0.25) is 0 Å². The van der Waals surface area contributed by atoms with Crippen LogP contribution < -0.4 is 10.1 Å². The van der Waals surface area contributed by atoms with Crippen molar-refractivity contribution in [2.75, 3.05) is 13.1 Å². The molecule has 1 aliphatic rings. The van der Waals surface area contributed by atoms with Crippen molar-refractivity contribution in [2.45, 2.75) is 52.1 Å². The molecule has 0 unspecified atom stereocenters. The molecule has 0 saturated heterocycles. The normalized spacial score (nSPS) is 17.3. The maximum Gasteiger partial charge on any atom is 0.120 e. The number of ether oxygens (including phenoxy) is 1. The van der Waals surface area contributed by atoms with Crippen LogP contribution >= 0.6 is 0 Å². The summed E-state index contributed by atoms with van der Waals surface area (Å²) in [4.78, 5) is 0. The predicted octanol–water partition coefficient (Wildman–Crippen LogP) is 3.93. The first kappa shape index (κ1) is 14.4. The first-order valence-electron chi connectivity index (χ1n) is 7.56. The molecule has 1 aliphatic carbocycles. The van der Waals surface area contributed by atoms with Gasteiger partial charge in [0.25, 0.3) is 0 Å². The third kappa shape index (κ3) is 4.24. The summed E-state index contributed by atoms with van der Waals surface area (Å²) >= 11 is 0. The van der Waals surface area contributed by atoms with Gasteiger partial charge in [0.2, 0.25) is 0 Å². The molecule has 1 aromatic rings. The Morgan fingerprint density at radius 3 is 2.68 bits per heavy atom. The van der Waals surface area contributed by atoms with Crippen molar-refractivity contribution in [3.05, 3.63) is 29.8 Å². The fraction of sp³-hybridized carbons (Fsp3) is 0.647. The molecular weight excluding hydrogens is 234 g/mol. The molecule has 0 aromatic heterocycles. The summed E-state index contributed by atoms with van der Waals surface area (Å²) in [5, 5.41) is 3.53. The van der Waals surface area contributed by atoms with E-state index in [0.717, 1.165) is 31.2 Å². The van der Waals surface area contributed by atoms with E-state index in [1.54, 1.807) is 0 Å². The number of hydrogen-bond donors (Lipinski definition) is 1. The summed E-state index contributed by atoms with van der Waals surface area (Å²) in [6, 6.07) is 8.41. The standard InChI is InChI=1S/C17H27NO/c1-14(2)13-18-11-10-17(8-5-9-17)19-16-7-4-6-15(3)12-16/h4,6-7,12,14,18H,5,8-11,13H2,1-3H3. The van der Waals surface area contributed by atoms with Crippen molar-refractivity contribution in [2.24, 2.45) is 5.92 Å². The topological polar surface area (TPSA) is 21.3 Å². The van der Waals surface area contributed by atoms with Crippen LogP contribution in [0.1, 0.15) is 45.1 Å². The van der Waals surface area contributed by atoms with Gasteiger partial charge in [-0.25, -0.2) is 0 Å². The van der Waals surface area contributed by atoms with Gasteiger partial charge in [-0.1, -0.05) is 26.0 Å². The van der Waals surface area contributed by atoms with Gasteiger partial charge in [0, 0.05) is 0 Å². The van der Waals surface area contributed by atoms with E-state index in [1.165, 1.54) is 24.8 Å². The van der Waals surface area contributed by atoms with Gasteiger partial charge in [-0.15, -0.1) is 0 Å². The Hall–Kier alpha value is -1.02. The largest absolute Gasteiger partial charge is 0.487 e. The molecular formula is C17H27NO. The van der Waals surface area contributed by atoms with Crippen molar-refractivity contribution >= 4 is 0 Å². The summed E-state index contributed by atoms with van der Waals surface area (Å²) in [6.07, 6.45) is 4.82. The zero-order valence-electron chi connectivity index (χ0n) is 12.5. The van der Waals surface area contributed by atoms with Gasteiger partial charge in [0.05, 0.1) is 0 Å². The number of aryl methyl sites for hydroxylation is 1. The molecule has 19 heavy (non-hydrogen) atoms. The van der Waals surface area contributed by atoms with Gasteiger partial charge in [0.15, 0.2) is 0 Å². The molecule has 0 bridgehead atoms. The minimum absolute atomic E-state index is 0.0950. The second kappa shape index (κ2) is 6.42. The van der Waals surface area contributed by atoms with E-state index in [1.807, 2.05) is 0 Å². The van der Waals surface area contributed by atoms with Crippen molar-refractivity contribution < 1.29 is 4.74 Å². The van der Waals surface area contributed by atoms with Crippen LogP contribution in [0.4, 0.5) is 0 Å². The van der Waals surface area contributed by atoms with Crippen LogP contribution in [0.25, 0.3) is 0 Å². The van der Waals surface area contributed by atoms with E-state index in [0.29, 0.717) is 0 Å². The number of hydrogen-bond acceptors (Lipinski definition) is 2. The van der Waals surface area contributed by atoms with Crippen molar-refractivity contribution in [3.63, 3.8) is 0 Å². The van der Waals surface area contributed by atoms with E-state index < -0.39 is 0 Å².